The molecule has 0 spiro atoms. The van der Waals surface area contributed by atoms with Gasteiger partial charge in [-0.05, 0) is 34.1 Å². The quantitative estimate of drug-likeness (QED) is 0.0937. The molecule has 0 aliphatic rings. The Labute approximate surface area is 189 Å². The zero-order valence-corrected chi connectivity index (χ0v) is 19.0. The van der Waals surface area contributed by atoms with Gasteiger partial charge in [0.05, 0.1) is 6.61 Å². The molecule has 0 aromatic heterocycles. The highest BCUT2D eigenvalue weighted by Crippen LogP contribution is 2.42. The lowest BCUT2D eigenvalue weighted by Crippen LogP contribution is -2.64. The van der Waals surface area contributed by atoms with Gasteiger partial charge in [-0.3, -0.25) is 4.79 Å². The van der Waals surface area contributed by atoms with Crippen LogP contribution in [0.1, 0.15) is 40.5 Å². The van der Waals surface area contributed by atoms with E-state index in [1.165, 1.54) is 27.7 Å². The molecule has 0 radical (unpaired) electrons. The van der Waals surface area contributed by atoms with Crippen LogP contribution in [0.5, 0.6) is 0 Å². The second kappa shape index (κ2) is 10.7. The average Bonchev–Trinajstić information content (AvgIpc) is 2.60. The molecule has 0 heterocycles. The summed E-state index contributed by atoms with van der Waals surface area (Å²) in [6.45, 7) is 5.77. The maximum Gasteiger partial charge on any atom is 0.466 e. The fourth-order valence-electron chi connectivity index (χ4n) is 2.66. The Kier molecular flexibility index (Phi) is 10.1. The number of carbonyl (C=O) groups is 2. The molecule has 0 bridgehead atoms. The van der Waals surface area contributed by atoms with Crippen molar-refractivity contribution in [3.63, 3.8) is 0 Å². The van der Waals surface area contributed by atoms with Gasteiger partial charge in [-0.25, -0.2) is 13.2 Å². The van der Waals surface area contributed by atoms with E-state index < -0.39 is 82.5 Å². The van der Waals surface area contributed by atoms with Gasteiger partial charge in [-0.15, -0.1) is 0 Å². The highest BCUT2D eigenvalue weighted by molar-refractivity contribution is 7.86. The van der Waals surface area contributed by atoms with Crippen LogP contribution in [0.15, 0.2) is 12.4 Å². The fourth-order valence-corrected chi connectivity index (χ4v) is 3.12. The average molecular weight is 536 g/mol. The second-order valence-electron chi connectivity index (χ2n) is 7.44. The topological polar surface area (TPSA) is 113 Å². The molecule has 200 valence electrons. The lowest BCUT2D eigenvalue weighted by molar-refractivity contribution is -0.352. The molecule has 0 fully saturated rings. The molecule has 1 atom stereocenters. The van der Waals surface area contributed by atoms with Gasteiger partial charge in [0, 0.05) is 18.5 Å². The number of alkyl halides is 7. The van der Waals surface area contributed by atoms with Gasteiger partial charge in [0.2, 0.25) is 5.83 Å². The van der Waals surface area contributed by atoms with E-state index >= 15 is 0 Å². The van der Waals surface area contributed by atoms with Crippen molar-refractivity contribution >= 4 is 22.0 Å². The lowest BCUT2D eigenvalue weighted by Gasteiger charge is -2.40. The van der Waals surface area contributed by atoms with Gasteiger partial charge in [0.1, 0.15) is 0 Å². The van der Waals surface area contributed by atoms with Crippen LogP contribution in [-0.4, -0.2) is 71.6 Å². The van der Waals surface area contributed by atoms with Crippen molar-refractivity contribution in [2.75, 3.05) is 6.61 Å². The van der Waals surface area contributed by atoms with Crippen molar-refractivity contribution in [3.05, 3.63) is 12.4 Å². The molecule has 0 saturated carbocycles. The van der Waals surface area contributed by atoms with Crippen molar-refractivity contribution in [3.8, 4) is 0 Å². The SMILES string of the molecule is C=C(F)C(=O)OC(OCCCC(F)(F)C(F)(F)S(=O)(=O)[O-])(C(=O)N(C(C)C)C(C)C)C(F)(F)F. The Hall–Kier alpha value is -2.01. The van der Waals surface area contributed by atoms with Crippen LogP contribution in [0.2, 0.25) is 0 Å². The number of esters is 1. The van der Waals surface area contributed by atoms with Crippen molar-refractivity contribution in [1.29, 1.82) is 0 Å². The molecule has 0 saturated heterocycles. The minimum Gasteiger partial charge on any atom is -0.743 e. The maximum atomic E-state index is 14.0. The molecular weight excluding hydrogens is 514 g/mol. The van der Waals surface area contributed by atoms with E-state index in [9.17, 15) is 57.7 Å². The molecule has 0 N–H and O–H groups in total. The van der Waals surface area contributed by atoms with E-state index in [-0.39, 0.29) is 0 Å². The first-order valence-electron chi connectivity index (χ1n) is 9.28. The van der Waals surface area contributed by atoms with Gasteiger partial charge >= 0.3 is 35.0 Å². The predicted octanol–water partition coefficient (Wildman–Crippen LogP) is 3.49. The molecule has 17 heteroatoms. The van der Waals surface area contributed by atoms with Crippen LogP contribution in [0, 0.1) is 0 Å². The normalized spacial score (nSPS) is 15.3. The third kappa shape index (κ3) is 6.78. The van der Waals surface area contributed by atoms with Crippen molar-refractivity contribution < 1.29 is 67.2 Å². The first-order chi connectivity index (χ1) is 15.0. The first kappa shape index (κ1) is 32.0. The molecule has 1 unspecified atom stereocenters. The van der Waals surface area contributed by atoms with Crippen molar-refractivity contribution in [1.82, 2.24) is 4.90 Å². The van der Waals surface area contributed by atoms with Crippen LogP contribution in [0.4, 0.5) is 35.1 Å². The molecule has 1 amide bonds. The van der Waals surface area contributed by atoms with Crippen molar-refractivity contribution in [2.24, 2.45) is 0 Å². The Morgan fingerprint density at radius 2 is 1.44 bits per heavy atom. The highest BCUT2D eigenvalue weighted by Gasteiger charge is 2.68. The summed E-state index contributed by atoms with van der Waals surface area (Å²) in [7, 11) is -6.85. The highest BCUT2D eigenvalue weighted by atomic mass is 32.2. The molecule has 8 nitrogen and oxygen atoms in total. The number of hydrogen-bond acceptors (Lipinski definition) is 7. The monoisotopic (exact) mass is 536 g/mol. The minimum absolute atomic E-state index is 0.508. The summed E-state index contributed by atoms with van der Waals surface area (Å²) >= 11 is 0. The Morgan fingerprint density at radius 1 is 1.00 bits per heavy atom. The molecular formula is C17H22F8NO7S-. The molecule has 34 heavy (non-hydrogen) atoms. The van der Waals surface area contributed by atoms with E-state index in [4.69, 9.17) is 0 Å². The number of amides is 1. The summed E-state index contributed by atoms with van der Waals surface area (Å²) in [5, 5.41) is -6.11. The number of nitrogens with zero attached hydrogens (tertiary/aromatic N) is 1. The maximum absolute atomic E-state index is 14.0. The first-order valence-corrected chi connectivity index (χ1v) is 10.7. The molecule has 0 aromatic rings. The zero-order chi connectivity index (χ0) is 27.5. The summed E-state index contributed by atoms with van der Waals surface area (Å²) < 4.78 is 148. The van der Waals surface area contributed by atoms with Gasteiger partial charge in [-0.2, -0.15) is 35.1 Å². The van der Waals surface area contributed by atoms with E-state index in [0.29, 0.717) is 4.90 Å². The summed E-state index contributed by atoms with van der Waals surface area (Å²) in [4.78, 5) is 24.8. The molecule has 0 rings (SSSR count). The number of ether oxygens (including phenoxy) is 2. The Morgan fingerprint density at radius 3 is 1.76 bits per heavy atom. The third-order valence-corrected chi connectivity index (χ3v) is 5.07. The predicted molar refractivity (Wildman–Crippen MR) is 97.0 cm³/mol. The van der Waals surface area contributed by atoms with Crippen LogP contribution in [0.25, 0.3) is 0 Å². The molecule has 0 aliphatic heterocycles. The van der Waals surface area contributed by atoms with Crippen LogP contribution < -0.4 is 0 Å². The van der Waals surface area contributed by atoms with Crippen molar-refractivity contribution in [2.45, 2.75) is 75.8 Å². The largest absolute Gasteiger partial charge is 0.743 e. The van der Waals surface area contributed by atoms with Gasteiger partial charge in [0.15, 0.2) is 10.1 Å². The summed E-state index contributed by atoms with van der Waals surface area (Å²) in [6, 6.07) is -1.98. The van der Waals surface area contributed by atoms with Crippen LogP contribution >= 0.6 is 0 Å². The van der Waals surface area contributed by atoms with E-state index in [0.717, 1.165) is 0 Å². The molecule has 0 aliphatic carbocycles. The van der Waals surface area contributed by atoms with Gasteiger partial charge in [-0.1, -0.05) is 6.58 Å². The fraction of sp³-hybridized carbons (Fsp3) is 0.765. The summed E-state index contributed by atoms with van der Waals surface area (Å²) in [5.74, 6) is -16.7. The van der Waals surface area contributed by atoms with E-state index in [2.05, 4.69) is 16.1 Å². The number of rotatable bonds is 12. The molecule has 0 aromatic carbocycles. The van der Waals surface area contributed by atoms with E-state index in [1.54, 1.807) is 0 Å². The second-order valence-corrected chi connectivity index (χ2v) is 8.86. The van der Waals surface area contributed by atoms with E-state index in [1.807, 2.05) is 0 Å². The van der Waals surface area contributed by atoms with Gasteiger partial charge < -0.3 is 18.9 Å². The lowest BCUT2D eigenvalue weighted by atomic mass is 10.1. The number of carbonyl (C=O) groups excluding carboxylic acids is 2. The summed E-state index contributed by atoms with van der Waals surface area (Å²) in [6.07, 6.45) is -9.62. The standard InChI is InChI=1S/C17H23F8NO7S/c1-9(2)26(10(3)4)13(28)15(16(21,22)23,33-12(27)11(5)18)32-8-6-7-14(19,20)17(24,25)34(29,30)31/h9-10H,5-8H2,1-4H3,(H,29,30,31)/p-1. The number of halogens is 8. The number of hydrogen-bond donors (Lipinski definition) is 0. The minimum atomic E-state index is -6.85. The van der Waals surface area contributed by atoms with Gasteiger partial charge in [0.25, 0.3) is 0 Å². The Balaban J connectivity index is 6.19. The van der Waals surface area contributed by atoms with Crippen LogP contribution in [0.3, 0.4) is 0 Å². The third-order valence-electron chi connectivity index (χ3n) is 4.14. The summed E-state index contributed by atoms with van der Waals surface area (Å²) in [5.41, 5.74) is 0. The Bertz CT molecular complexity index is 866. The zero-order valence-electron chi connectivity index (χ0n) is 18.2. The van der Waals surface area contributed by atoms with Crippen LogP contribution in [-0.2, 0) is 29.2 Å². The smallest absolute Gasteiger partial charge is 0.466 e.